The van der Waals surface area contributed by atoms with E-state index in [1.165, 1.54) is 0 Å². The maximum atomic E-state index is 12.3. The second-order valence-electron chi connectivity index (χ2n) is 5.50. The molecule has 124 valence electrons. The molecule has 3 rings (SSSR count). The molecule has 0 bridgehead atoms. The fraction of sp³-hybridized carbons (Fsp3) is 0.222. The first-order valence-electron chi connectivity index (χ1n) is 7.60. The van der Waals surface area contributed by atoms with Crippen molar-refractivity contribution in [1.29, 1.82) is 0 Å². The highest BCUT2D eigenvalue weighted by Crippen LogP contribution is 2.36. The smallest absolute Gasteiger partial charge is 0.265 e. The molecule has 0 radical (unpaired) electrons. The molecule has 1 heterocycles. The van der Waals surface area contributed by atoms with Crippen LogP contribution in [0.2, 0.25) is 0 Å². The Morgan fingerprint density at radius 1 is 1.29 bits per heavy atom. The number of fused-ring (bicyclic) bond motifs is 1. The molecular formula is C18H18N2O4. The molecule has 1 aliphatic heterocycles. The average molecular weight is 326 g/mol. The van der Waals surface area contributed by atoms with Crippen molar-refractivity contribution in [2.45, 2.75) is 19.4 Å². The third kappa shape index (κ3) is 3.32. The fourth-order valence-corrected chi connectivity index (χ4v) is 2.49. The number of hydrogen-bond donors (Lipinski definition) is 2. The lowest BCUT2D eigenvalue weighted by Crippen LogP contribution is -2.35. The summed E-state index contributed by atoms with van der Waals surface area (Å²) in [6.45, 7) is 1.67. The normalized spacial score (nSPS) is 15.8. The Kier molecular flexibility index (Phi) is 4.37. The van der Waals surface area contributed by atoms with Gasteiger partial charge in [-0.1, -0.05) is 18.2 Å². The molecule has 2 amide bonds. The van der Waals surface area contributed by atoms with Gasteiger partial charge in [-0.15, -0.1) is 0 Å². The summed E-state index contributed by atoms with van der Waals surface area (Å²) in [4.78, 5) is 24.1. The summed E-state index contributed by atoms with van der Waals surface area (Å²) in [5, 5.41) is 5.58. The fourth-order valence-electron chi connectivity index (χ4n) is 2.49. The van der Waals surface area contributed by atoms with Gasteiger partial charge in [0.1, 0.15) is 17.2 Å². The van der Waals surface area contributed by atoms with Crippen LogP contribution in [0, 0.1) is 0 Å². The second kappa shape index (κ2) is 6.62. The standard InChI is InChI=1S/C18H18N2O4/c1-11-18(22)20-17-14(7-4-8-15(17)24-11)19-16(21)10-12-5-3-6-13(9-12)23-2/h3-9,11H,10H2,1-2H3,(H,19,21)(H,20,22). The molecule has 2 N–H and O–H groups in total. The van der Waals surface area contributed by atoms with E-state index in [0.717, 1.165) is 5.56 Å². The Labute approximate surface area is 139 Å². The van der Waals surface area contributed by atoms with Gasteiger partial charge >= 0.3 is 0 Å². The third-order valence-corrected chi connectivity index (χ3v) is 3.72. The summed E-state index contributed by atoms with van der Waals surface area (Å²) in [6.07, 6.45) is -0.355. The van der Waals surface area contributed by atoms with E-state index in [4.69, 9.17) is 9.47 Å². The van der Waals surface area contributed by atoms with Crippen LogP contribution >= 0.6 is 0 Å². The number of para-hydroxylation sites is 1. The number of carbonyl (C=O) groups is 2. The minimum atomic E-state index is -0.555. The summed E-state index contributed by atoms with van der Waals surface area (Å²) < 4.78 is 10.7. The number of benzene rings is 2. The number of hydrogen-bond acceptors (Lipinski definition) is 4. The highest BCUT2D eigenvalue weighted by atomic mass is 16.5. The van der Waals surface area contributed by atoms with Crippen molar-refractivity contribution < 1.29 is 19.1 Å². The van der Waals surface area contributed by atoms with E-state index in [1.54, 1.807) is 32.2 Å². The minimum Gasteiger partial charge on any atom is -0.497 e. The first-order valence-corrected chi connectivity index (χ1v) is 7.60. The van der Waals surface area contributed by atoms with Crippen LogP contribution in [0.15, 0.2) is 42.5 Å². The number of methoxy groups -OCH3 is 1. The van der Waals surface area contributed by atoms with Crippen LogP contribution in [0.1, 0.15) is 12.5 Å². The molecule has 2 aromatic rings. The van der Waals surface area contributed by atoms with Gasteiger partial charge in [0.05, 0.1) is 19.2 Å². The van der Waals surface area contributed by atoms with Crippen LogP contribution in [-0.4, -0.2) is 25.0 Å². The van der Waals surface area contributed by atoms with E-state index in [-0.39, 0.29) is 18.2 Å². The average Bonchev–Trinajstić information content (AvgIpc) is 2.57. The monoisotopic (exact) mass is 326 g/mol. The predicted octanol–water partition coefficient (Wildman–Crippen LogP) is 2.60. The third-order valence-electron chi connectivity index (χ3n) is 3.72. The summed E-state index contributed by atoms with van der Waals surface area (Å²) in [5.74, 6) is 0.815. The molecule has 0 spiro atoms. The van der Waals surface area contributed by atoms with Gasteiger partial charge in [-0.2, -0.15) is 0 Å². The molecular weight excluding hydrogens is 308 g/mol. The number of anilines is 2. The maximum absolute atomic E-state index is 12.3. The lowest BCUT2D eigenvalue weighted by atomic mass is 10.1. The van der Waals surface area contributed by atoms with E-state index in [1.807, 2.05) is 24.3 Å². The highest BCUT2D eigenvalue weighted by Gasteiger charge is 2.25. The molecule has 1 unspecified atom stereocenters. The molecule has 6 heteroatoms. The molecule has 2 aromatic carbocycles. The van der Waals surface area contributed by atoms with Crippen LogP contribution in [0.25, 0.3) is 0 Å². The Bertz CT molecular complexity index is 788. The van der Waals surface area contributed by atoms with Gasteiger partial charge in [-0.25, -0.2) is 0 Å². The van der Waals surface area contributed by atoms with Crippen molar-refractivity contribution in [2.24, 2.45) is 0 Å². The molecule has 0 saturated carbocycles. The molecule has 1 aliphatic rings. The number of nitrogens with one attached hydrogen (secondary N) is 2. The van der Waals surface area contributed by atoms with Crippen LogP contribution in [0.3, 0.4) is 0 Å². The molecule has 0 fully saturated rings. The zero-order chi connectivity index (χ0) is 17.1. The van der Waals surface area contributed by atoms with Gasteiger partial charge in [-0.3, -0.25) is 9.59 Å². The van der Waals surface area contributed by atoms with Crippen molar-refractivity contribution in [3.8, 4) is 11.5 Å². The van der Waals surface area contributed by atoms with E-state index in [2.05, 4.69) is 10.6 Å². The van der Waals surface area contributed by atoms with Crippen LogP contribution in [0.4, 0.5) is 11.4 Å². The number of carbonyl (C=O) groups excluding carboxylic acids is 2. The predicted molar refractivity (Wildman–Crippen MR) is 90.5 cm³/mol. The summed E-state index contributed by atoms with van der Waals surface area (Å²) in [5.41, 5.74) is 1.84. The Hall–Kier alpha value is -3.02. The number of amides is 2. The van der Waals surface area contributed by atoms with Gasteiger partial charge in [0.2, 0.25) is 5.91 Å². The van der Waals surface area contributed by atoms with E-state index < -0.39 is 6.10 Å². The summed E-state index contributed by atoms with van der Waals surface area (Å²) in [6, 6.07) is 12.6. The van der Waals surface area contributed by atoms with Crippen LogP contribution < -0.4 is 20.1 Å². The van der Waals surface area contributed by atoms with Crippen molar-refractivity contribution in [2.75, 3.05) is 17.7 Å². The molecule has 0 saturated heterocycles. The van der Waals surface area contributed by atoms with Gasteiger partial charge in [0.15, 0.2) is 6.10 Å². The molecule has 1 atom stereocenters. The van der Waals surface area contributed by atoms with E-state index >= 15 is 0 Å². The number of rotatable bonds is 4. The van der Waals surface area contributed by atoms with Crippen molar-refractivity contribution in [1.82, 2.24) is 0 Å². The van der Waals surface area contributed by atoms with Gasteiger partial charge in [0.25, 0.3) is 5.91 Å². The zero-order valence-electron chi connectivity index (χ0n) is 13.5. The second-order valence-corrected chi connectivity index (χ2v) is 5.50. The Balaban J connectivity index is 1.75. The summed E-state index contributed by atoms with van der Waals surface area (Å²) in [7, 11) is 1.58. The van der Waals surface area contributed by atoms with Crippen LogP contribution in [-0.2, 0) is 16.0 Å². The quantitative estimate of drug-likeness (QED) is 0.905. The maximum Gasteiger partial charge on any atom is 0.265 e. The summed E-state index contributed by atoms with van der Waals surface area (Å²) >= 11 is 0. The van der Waals surface area contributed by atoms with Crippen molar-refractivity contribution in [3.63, 3.8) is 0 Å². The van der Waals surface area contributed by atoms with E-state index in [0.29, 0.717) is 22.9 Å². The lowest BCUT2D eigenvalue weighted by molar-refractivity contribution is -0.122. The van der Waals surface area contributed by atoms with Crippen molar-refractivity contribution in [3.05, 3.63) is 48.0 Å². The topological polar surface area (TPSA) is 76.7 Å². The van der Waals surface area contributed by atoms with Gasteiger partial charge in [-0.05, 0) is 36.8 Å². The van der Waals surface area contributed by atoms with E-state index in [9.17, 15) is 9.59 Å². The Morgan fingerprint density at radius 2 is 2.08 bits per heavy atom. The van der Waals surface area contributed by atoms with Gasteiger partial charge in [0, 0.05) is 0 Å². The zero-order valence-corrected chi connectivity index (χ0v) is 13.5. The van der Waals surface area contributed by atoms with Gasteiger partial charge < -0.3 is 20.1 Å². The SMILES string of the molecule is COc1cccc(CC(=O)Nc2cccc3c2NC(=O)C(C)O3)c1. The minimum absolute atomic E-state index is 0.190. The van der Waals surface area contributed by atoms with Crippen LogP contribution in [0.5, 0.6) is 11.5 Å². The first-order chi connectivity index (χ1) is 11.6. The number of ether oxygens (including phenoxy) is 2. The lowest BCUT2D eigenvalue weighted by Gasteiger charge is -2.25. The van der Waals surface area contributed by atoms with Crippen molar-refractivity contribution >= 4 is 23.2 Å². The molecule has 0 aliphatic carbocycles. The largest absolute Gasteiger partial charge is 0.497 e. The molecule has 6 nitrogen and oxygen atoms in total. The Morgan fingerprint density at radius 3 is 2.88 bits per heavy atom. The first kappa shape index (κ1) is 15.9. The molecule has 0 aromatic heterocycles. The molecule has 24 heavy (non-hydrogen) atoms. The highest BCUT2D eigenvalue weighted by molar-refractivity contribution is 6.04.